The van der Waals surface area contributed by atoms with Gasteiger partial charge in [-0.1, -0.05) is 59.7 Å². The molecule has 4 heterocycles. The van der Waals surface area contributed by atoms with E-state index in [1.807, 2.05) is 30.6 Å². The number of alkyl carbamates (subject to hydrolysis) is 2. The first-order valence-corrected chi connectivity index (χ1v) is 44.4. The van der Waals surface area contributed by atoms with Crippen LogP contribution in [0.25, 0.3) is 0 Å². The van der Waals surface area contributed by atoms with Crippen LogP contribution >= 0.6 is 31.0 Å². The molecule has 6 amide bonds. The number of allylic oxidation sites excluding steroid dienone is 2. The Hall–Kier alpha value is -7.36. The van der Waals surface area contributed by atoms with Crippen molar-refractivity contribution in [3.63, 3.8) is 0 Å². The van der Waals surface area contributed by atoms with Crippen molar-refractivity contribution >= 4 is 94.7 Å². The number of carbonyl (C=O) groups is 8. The number of carbonyl (C=O) groups excluding carboxylic acids is 8. The Balaban J connectivity index is 0.000000249. The summed E-state index contributed by atoms with van der Waals surface area (Å²) in [6, 6.07) is 9.33. The summed E-state index contributed by atoms with van der Waals surface area (Å²) in [6.45, 7) is 41.3. The second-order valence-corrected chi connectivity index (χ2v) is 38.3. The van der Waals surface area contributed by atoms with Crippen LogP contribution in [-0.2, 0) is 61.2 Å². The van der Waals surface area contributed by atoms with Gasteiger partial charge in [0, 0.05) is 87.9 Å². The molecule has 4 aliphatic heterocycles. The minimum atomic E-state index is -3.13. The Morgan fingerprint density at radius 1 is 0.781 bits per heavy atom. The number of nitrogens with one attached hydrogen (secondary N) is 4. The van der Waals surface area contributed by atoms with Gasteiger partial charge in [0.25, 0.3) is 0 Å². The molecule has 0 spiro atoms. The van der Waals surface area contributed by atoms with Crippen molar-refractivity contribution in [2.45, 2.75) is 264 Å². The van der Waals surface area contributed by atoms with Gasteiger partial charge in [-0.25, -0.2) is 36.7 Å². The number of hydrogen-bond acceptors (Lipinski definition) is 17. The number of aliphatic hydroxyl groups excluding tert-OH is 2. The maximum absolute atomic E-state index is 14.7. The molecule has 0 bridgehead atoms. The van der Waals surface area contributed by atoms with E-state index in [0.717, 1.165) is 34.2 Å². The summed E-state index contributed by atoms with van der Waals surface area (Å²) in [5.74, 6) is -10.5. The van der Waals surface area contributed by atoms with Crippen LogP contribution in [0, 0.1) is 60.0 Å². The van der Waals surface area contributed by atoms with Crippen LogP contribution in [0.4, 0.5) is 38.5 Å². The van der Waals surface area contributed by atoms with Gasteiger partial charge in [-0.15, -0.1) is 13.2 Å². The second-order valence-electron chi connectivity index (χ2n) is 32.1. The quantitative estimate of drug-likeness (QED) is 0.0144. The zero-order chi connectivity index (χ0) is 85.3. The smallest absolute Gasteiger partial charge is 0.408 e. The third kappa shape index (κ3) is 27.6. The molecule has 6 N–H and O–H groups in total. The van der Waals surface area contributed by atoms with Crippen molar-refractivity contribution in [2.75, 3.05) is 49.2 Å². The number of likely N-dealkylation sites (tertiary alicyclic amines) is 1. The topological polar surface area (TPSA) is 284 Å². The van der Waals surface area contributed by atoms with Crippen molar-refractivity contribution < 1.29 is 103 Å². The summed E-state index contributed by atoms with van der Waals surface area (Å²) in [5.41, 5.74) is 7.23. The number of nitrogens with zero attached hydrogens (tertiary/aromatic N) is 4. The molecular formula is C83H116Cl3F4N8O15Ru-. The Bertz CT molecular complexity index is 3900. The fourth-order valence-electron chi connectivity index (χ4n) is 14.5. The minimum absolute atomic E-state index is 0.0232. The van der Waals surface area contributed by atoms with E-state index < -0.39 is 176 Å². The molecule has 2 aliphatic carbocycles. The summed E-state index contributed by atoms with van der Waals surface area (Å²) in [7, 11) is 11.7. The number of amides is 6. The molecule has 636 valence electrons. The monoisotopic (exact) mass is 1750 g/mol. The molecule has 5 fully saturated rings. The van der Waals surface area contributed by atoms with Crippen molar-refractivity contribution in [3.05, 3.63) is 131 Å². The predicted octanol–water partition coefficient (Wildman–Crippen LogP) is 14.1. The number of esters is 2. The fraction of sp³-hybridized carbons (Fsp3) is 0.590. The molecule has 6 aliphatic rings. The summed E-state index contributed by atoms with van der Waals surface area (Å²) in [4.78, 5) is 111. The van der Waals surface area contributed by atoms with E-state index in [1.54, 1.807) is 73.6 Å². The zero-order valence-corrected chi connectivity index (χ0v) is 72.3. The van der Waals surface area contributed by atoms with Crippen molar-refractivity contribution in [1.29, 1.82) is 0 Å². The maximum atomic E-state index is 14.7. The Kier molecular flexibility index (Phi) is 34.5. The number of halogens is 7. The number of hydrogen-bond donors (Lipinski definition) is 6. The van der Waals surface area contributed by atoms with E-state index >= 15 is 0 Å². The molecule has 0 unspecified atom stereocenters. The van der Waals surface area contributed by atoms with Crippen molar-refractivity contribution in [3.8, 4) is 5.75 Å². The number of fused-ring (bicyclic) bond motifs is 2. The van der Waals surface area contributed by atoms with Gasteiger partial charge in [-0.3, -0.25) is 19.2 Å². The molecule has 0 radical (unpaired) electrons. The molecule has 31 heteroatoms. The first-order chi connectivity index (χ1) is 53.1. The van der Waals surface area contributed by atoms with Crippen LogP contribution in [-0.4, -0.2) is 188 Å². The van der Waals surface area contributed by atoms with E-state index in [0.29, 0.717) is 5.02 Å². The van der Waals surface area contributed by atoms with Gasteiger partial charge in [-0.05, 0) is 158 Å². The normalized spacial score (nSPS) is 23.9. The Morgan fingerprint density at radius 2 is 1.34 bits per heavy atom. The van der Waals surface area contributed by atoms with Gasteiger partial charge < -0.3 is 70.0 Å². The fourth-order valence-corrected chi connectivity index (χ4v) is 16.4. The van der Waals surface area contributed by atoms with Crippen molar-refractivity contribution in [2.24, 2.45) is 11.8 Å². The molecule has 2 saturated carbocycles. The van der Waals surface area contributed by atoms with Crippen LogP contribution in [0.3, 0.4) is 0 Å². The Morgan fingerprint density at radius 3 is 1.87 bits per heavy atom. The van der Waals surface area contributed by atoms with E-state index in [1.165, 1.54) is 56.9 Å². The first kappa shape index (κ1) is 95.5. The summed E-state index contributed by atoms with van der Waals surface area (Å²) in [6.07, 6.45) is -0.717. The van der Waals surface area contributed by atoms with Crippen LogP contribution in [0.2, 0.25) is 5.02 Å². The van der Waals surface area contributed by atoms with E-state index in [9.17, 15) is 66.1 Å². The zero-order valence-electron chi connectivity index (χ0n) is 68.3. The standard InChI is InChI=1S/C27H41F2N3O7.C25H37F2N3O7.C21H27N2.C10H11ClO.2ClH.Ru/c1-7-10-12-26(28,29)13-11-19(30-24(37)39-25(4,5)6)22(35)32-16-18(33)14-20(32)21(34)31-27(15-17(27)8-2)23(36)38-9-3;1-5-36-21(34)25-13-15(25)8-6-7-10-24(26,27)11-9-17(28-22(35)37-23(2,3)4)20(33)30-14-16(31)12-18(30)19(32)29-25;1-14-9-16(3)20(17(4)10-14)22-7-8-23(13-22)21-18(5)11-15(2)12-19(21)6;1-7(2)12-10-5-4-9(11)6-8(10)3;;;/h7-8,17-20,33H,1-2,9-16H2,3-6H3,(H,30,37)(H,31,34);6,8,15-18,31H,5,7,9-14H2,1-4H3,(H,28,35)(H,29,32);9-13H,7-8H2,1-6H3;3-7H,1-2H3;2*1H;/q;;-1;;;;+2/p-2/b;8-6-;;;;;/t17-,18-,19+,20+,27-;15-,16-,17+,18+,25-;;;;;/m11...../s1. The molecule has 9 rings (SSSR count). The second kappa shape index (κ2) is 41.2. The van der Waals surface area contributed by atoms with Crippen LogP contribution in [0.1, 0.15) is 185 Å². The molecule has 3 aromatic rings. The molecule has 3 aromatic carbocycles. The molecule has 114 heavy (non-hydrogen) atoms. The number of benzene rings is 3. The number of anilines is 2. The van der Waals surface area contributed by atoms with Gasteiger partial charge in [0.1, 0.15) is 46.4 Å². The van der Waals surface area contributed by atoms with Gasteiger partial charge in [0.2, 0.25) is 35.5 Å². The largest absolute Gasteiger partial charge is 0.502 e. The number of β-amino-alcohol motifs (C(OH)–C–C–N with tert-alkyl or cyclic N) is 1. The number of alkyl halides is 4. The van der Waals surface area contributed by atoms with Gasteiger partial charge in [-0.2, -0.15) is 6.67 Å². The van der Waals surface area contributed by atoms with Crippen LogP contribution < -0.4 is 35.8 Å². The van der Waals surface area contributed by atoms with E-state index in [2.05, 4.69) is 117 Å². The van der Waals surface area contributed by atoms with Gasteiger partial charge in [0.05, 0.1) is 25.4 Å². The minimum Gasteiger partial charge on any atom is -0.502 e. The predicted molar refractivity (Wildman–Crippen MR) is 431 cm³/mol. The molecule has 0 aromatic heterocycles. The maximum Gasteiger partial charge on any atom is 0.408 e. The number of aryl methyl sites for hydroxylation is 6. The average molecular weight is 1750 g/mol. The number of rotatable bonds is 21. The SMILES string of the molecule is C=CCCC(F)(F)CC[C@H](NC(=O)OC(C)(C)C)C(=O)N1C[C@H](O)C[C@H]1C(=O)N[C@]1(C(=O)OCC)C[C@H]1C=C.CC(C)Oc1ccc(Cl)cc1[CH]=[Ru]([Cl])[Cl].CCOC(=O)[C@@]12C[C@H]1/C=C\CCC(F)(F)CC[C@H](NC(=O)OC(C)(C)C)C(=O)N1C[C@H](O)C[C@H]1C(=O)N2.Cc1cc(C)c(N2[CH-]N(c3c(C)cc(C)cc3C)CC2)c(C)c1. The van der Waals surface area contributed by atoms with E-state index in [4.69, 9.17) is 54.7 Å². The van der Waals surface area contributed by atoms with Crippen LogP contribution in [0.15, 0.2) is 79.9 Å². The molecule has 3 saturated heterocycles. The molecule has 10 atom stereocenters. The summed E-state index contributed by atoms with van der Waals surface area (Å²) >= 11 is 4.04. The molecular weight excluding hydrogens is 1630 g/mol. The van der Waals surface area contributed by atoms with Gasteiger partial charge in [0.15, 0.2) is 0 Å². The Labute approximate surface area is 686 Å². The third-order valence-corrected chi connectivity index (χ3v) is 21.6. The summed E-state index contributed by atoms with van der Waals surface area (Å²) in [5, 5.41) is 31.4. The molecule has 23 nitrogen and oxygen atoms in total. The van der Waals surface area contributed by atoms with Crippen LogP contribution in [0.5, 0.6) is 5.75 Å². The number of aliphatic hydroxyl groups is 2. The van der Waals surface area contributed by atoms with Crippen molar-refractivity contribution in [1.82, 2.24) is 31.1 Å². The average Bonchev–Trinajstić information content (AvgIpc) is 1.58. The van der Waals surface area contributed by atoms with Gasteiger partial charge >= 0.3 is 132 Å². The number of ether oxygens (including phenoxy) is 5. The van der Waals surface area contributed by atoms with E-state index in [-0.39, 0.29) is 76.9 Å². The summed E-state index contributed by atoms with van der Waals surface area (Å²) < 4.78 is 86.3. The first-order valence-electron chi connectivity index (χ1n) is 38.6. The third-order valence-electron chi connectivity index (χ3n) is 19.6.